The lowest BCUT2D eigenvalue weighted by molar-refractivity contribution is 0.123. The van der Waals surface area contributed by atoms with Gasteiger partial charge in [-0.1, -0.05) is 25.4 Å². The number of rotatable bonds is 4. The molecule has 0 aliphatic heterocycles. The highest BCUT2D eigenvalue weighted by molar-refractivity contribution is 6.33. The Balaban J connectivity index is 3.25. The molecule has 0 aromatic heterocycles. The Labute approximate surface area is 101 Å². The van der Waals surface area contributed by atoms with Crippen LogP contribution in [0, 0.1) is 5.92 Å². The van der Waals surface area contributed by atoms with Crippen LogP contribution in [0.3, 0.4) is 0 Å². The van der Waals surface area contributed by atoms with Crippen LogP contribution in [0.5, 0.6) is 11.5 Å². The lowest BCUT2D eigenvalue weighted by Crippen LogP contribution is -2.07. The van der Waals surface area contributed by atoms with Crippen molar-refractivity contribution in [3.8, 4) is 11.5 Å². The van der Waals surface area contributed by atoms with E-state index in [0.717, 1.165) is 0 Å². The normalized spacial score (nSPS) is 12.7. The molecule has 0 spiro atoms. The van der Waals surface area contributed by atoms with Crippen molar-refractivity contribution in [2.75, 3.05) is 14.2 Å². The number of ether oxygens (including phenoxy) is 2. The first kappa shape index (κ1) is 13.1. The molecule has 90 valence electrons. The molecule has 0 bridgehead atoms. The molecule has 1 aromatic carbocycles. The maximum atomic E-state index is 10.0. The summed E-state index contributed by atoms with van der Waals surface area (Å²) in [6.45, 7) is 3.87. The fourth-order valence-electron chi connectivity index (χ4n) is 1.51. The average Bonchev–Trinajstić information content (AvgIpc) is 2.27. The largest absolute Gasteiger partial charge is 0.495 e. The van der Waals surface area contributed by atoms with E-state index < -0.39 is 6.10 Å². The zero-order valence-corrected chi connectivity index (χ0v) is 10.7. The summed E-state index contributed by atoms with van der Waals surface area (Å²) in [4.78, 5) is 0. The van der Waals surface area contributed by atoms with Gasteiger partial charge < -0.3 is 14.6 Å². The number of aliphatic hydroxyl groups is 1. The van der Waals surface area contributed by atoms with Crippen molar-refractivity contribution in [1.82, 2.24) is 0 Å². The SMILES string of the molecule is COc1ccc(C(O)C(C)C)c(OC)c1Cl. The summed E-state index contributed by atoms with van der Waals surface area (Å²) in [6, 6.07) is 3.50. The van der Waals surface area contributed by atoms with Crippen molar-refractivity contribution < 1.29 is 14.6 Å². The van der Waals surface area contributed by atoms with Gasteiger partial charge in [-0.25, -0.2) is 0 Å². The van der Waals surface area contributed by atoms with Crippen LogP contribution in [0.25, 0.3) is 0 Å². The van der Waals surface area contributed by atoms with Gasteiger partial charge in [0.15, 0.2) is 0 Å². The number of aliphatic hydroxyl groups excluding tert-OH is 1. The van der Waals surface area contributed by atoms with E-state index in [-0.39, 0.29) is 5.92 Å². The van der Waals surface area contributed by atoms with E-state index in [1.54, 1.807) is 19.2 Å². The molecule has 1 rings (SSSR count). The molecule has 1 aromatic rings. The average molecular weight is 245 g/mol. The van der Waals surface area contributed by atoms with Crippen LogP contribution in [0.2, 0.25) is 5.02 Å². The highest BCUT2D eigenvalue weighted by Crippen LogP contribution is 2.40. The van der Waals surface area contributed by atoms with Gasteiger partial charge >= 0.3 is 0 Å². The Hall–Kier alpha value is -0.930. The third kappa shape index (κ3) is 2.42. The van der Waals surface area contributed by atoms with Gasteiger partial charge in [-0.2, -0.15) is 0 Å². The molecule has 0 radical (unpaired) electrons. The van der Waals surface area contributed by atoms with Gasteiger partial charge in [0, 0.05) is 5.56 Å². The van der Waals surface area contributed by atoms with Gasteiger partial charge in [0.1, 0.15) is 16.5 Å². The third-order valence-corrected chi connectivity index (χ3v) is 2.82. The Bertz CT molecular complexity index is 364. The minimum atomic E-state index is -0.599. The van der Waals surface area contributed by atoms with Gasteiger partial charge in [-0.3, -0.25) is 0 Å². The monoisotopic (exact) mass is 244 g/mol. The van der Waals surface area contributed by atoms with E-state index in [1.807, 2.05) is 13.8 Å². The van der Waals surface area contributed by atoms with Crippen molar-refractivity contribution in [2.24, 2.45) is 5.92 Å². The highest BCUT2D eigenvalue weighted by Gasteiger charge is 2.20. The van der Waals surface area contributed by atoms with E-state index >= 15 is 0 Å². The minimum Gasteiger partial charge on any atom is -0.495 e. The molecule has 1 atom stereocenters. The van der Waals surface area contributed by atoms with Crippen LogP contribution in [-0.4, -0.2) is 19.3 Å². The molecule has 0 aliphatic carbocycles. The number of hydrogen-bond acceptors (Lipinski definition) is 3. The van der Waals surface area contributed by atoms with Crippen LogP contribution < -0.4 is 9.47 Å². The van der Waals surface area contributed by atoms with Crippen LogP contribution >= 0.6 is 11.6 Å². The van der Waals surface area contributed by atoms with Gasteiger partial charge in [-0.05, 0) is 18.1 Å². The van der Waals surface area contributed by atoms with Crippen molar-refractivity contribution in [1.29, 1.82) is 0 Å². The lowest BCUT2D eigenvalue weighted by atomic mass is 9.98. The predicted molar refractivity (Wildman–Crippen MR) is 64.4 cm³/mol. The van der Waals surface area contributed by atoms with Gasteiger partial charge in [-0.15, -0.1) is 0 Å². The third-order valence-electron chi connectivity index (χ3n) is 2.47. The molecular formula is C12H17ClO3. The standard InChI is InChI=1S/C12H17ClO3/c1-7(2)11(14)8-5-6-9(15-3)10(13)12(8)16-4/h5-7,11,14H,1-4H3. The fraction of sp³-hybridized carbons (Fsp3) is 0.500. The quantitative estimate of drug-likeness (QED) is 0.885. The van der Waals surface area contributed by atoms with Crippen molar-refractivity contribution in [3.63, 3.8) is 0 Å². The zero-order valence-electron chi connectivity index (χ0n) is 9.95. The maximum absolute atomic E-state index is 10.0. The summed E-state index contributed by atoms with van der Waals surface area (Å²) in [5, 5.41) is 10.4. The fourth-order valence-corrected chi connectivity index (χ4v) is 1.84. The highest BCUT2D eigenvalue weighted by atomic mass is 35.5. The van der Waals surface area contributed by atoms with Crippen molar-refractivity contribution in [3.05, 3.63) is 22.7 Å². The number of methoxy groups -OCH3 is 2. The molecule has 0 saturated heterocycles. The molecule has 0 fully saturated rings. The van der Waals surface area contributed by atoms with Crippen LogP contribution in [-0.2, 0) is 0 Å². The first-order chi connectivity index (χ1) is 7.52. The second kappa shape index (κ2) is 5.41. The van der Waals surface area contributed by atoms with E-state index in [0.29, 0.717) is 22.1 Å². The first-order valence-electron chi connectivity index (χ1n) is 5.11. The summed E-state index contributed by atoms with van der Waals surface area (Å²) < 4.78 is 10.3. The number of benzene rings is 1. The summed E-state index contributed by atoms with van der Waals surface area (Å²) in [5.74, 6) is 1.11. The second-order valence-corrected chi connectivity index (χ2v) is 4.27. The van der Waals surface area contributed by atoms with Crippen LogP contribution in [0.1, 0.15) is 25.5 Å². The molecule has 0 heterocycles. The molecule has 1 unspecified atom stereocenters. The molecule has 0 saturated carbocycles. The molecule has 4 heteroatoms. The smallest absolute Gasteiger partial charge is 0.147 e. The molecule has 3 nitrogen and oxygen atoms in total. The Morgan fingerprint density at radius 1 is 1.19 bits per heavy atom. The van der Waals surface area contributed by atoms with E-state index in [4.69, 9.17) is 21.1 Å². The minimum absolute atomic E-state index is 0.0957. The van der Waals surface area contributed by atoms with Crippen molar-refractivity contribution in [2.45, 2.75) is 20.0 Å². The van der Waals surface area contributed by atoms with Crippen LogP contribution in [0.4, 0.5) is 0 Å². The number of hydrogen-bond donors (Lipinski definition) is 1. The summed E-state index contributed by atoms with van der Waals surface area (Å²) in [5.41, 5.74) is 0.684. The second-order valence-electron chi connectivity index (χ2n) is 3.89. The summed E-state index contributed by atoms with van der Waals surface area (Å²) >= 11 is 6.10. The Kier molecular flexibility index (Phi) is 4.44. The van der Waals surface area contributed by atoms with E-state index in [9.17, 15) is 5.11 Å². The Morgan fingerprint density at radius 2 is 1.81 bits per heavy atom. The Morgan fingerprint density at radius 3 is 2.25 bits per heavy atom. The first-order valence-corrected chi connectivity index (χ1v) is 5.49. The van der Waals surface area contributed by atoms with Crippen molar-refractivity contribution >= 4 is 11.6 Å². The van der Waals surface area contributed by atoms with E-state index in [1.165, 1.54) is 7.11 Å². The van der Waals surface area contributed by atoms with Gasteiger partial charge in [0.05, 0.1) is 20.3 Å². The van der Waals surface area contributed by atoms with E-state index in [2.05, 4.69) is 0 Å². The molecule has 1 N–H and O–H groups in total. The number of halogens is 1. The molecule has 16 heavy (non-hydrogen) atoms. The van der Waals surface area contributed by atoms with Gasteiger partial charge in [0.25, 0.3) is 0 Å². The topological polar surface area (TPSA) is 38.7 Å². The summed E-state index contributed by atoms with van der Waals surface area (Å²) in [6.07, 6.45) is -0.599. The maximum Gasteiger partial charge on any atom is 0.147 e. The predicted octanol–water partition coefficient (Wildman–Crippen LogP) is 3.05. The lowest BCUT2D eigenvalue weighted by Gasteiger charge is -2.19. The molecule has 0 aliphatic rings. The molecular weight excluding hydrogens is 228 g/mol. The van der Waals surface area contributed by atoms with Crippen LogP contribution in [0.15, 0.2) is 12.1 Å². The van der Waals surface area contributed by atoms with Gasteiger partial charge in [0.2, 0.25) is 0 Å². The summed E-state index contributed by atoms with van der Waals surface area (Å²) in [7, 11) is 3.07. The molecule has 0 amide bonds. The zero-order chi connectivity index (χ0) is 12.3.